The monoisotopic (exact) mass is 446 g/mol. The van der Waals surface area contributed by atoms with Crippen LogP contribution in [0.25, 0.3) is 32.8 Å². The molecule has 4 aromatic carbocycles. The van der Waals surface area contributed by atoms with E-state index in [2.05, 4.69) is 74.4 Å². The molecule has 5 aromatic rings. The SMILES string of the molecule is CC(C)c1cccc(C(C)C)c1Nc1ccccc1-c1cccc2c1c(=O)[nH]c1ccccc12. The second-order valence-electron chi connectivity index (χ2n) is 9.52. The van der Waals surface area contributed by atoms with Crippen LogP contribution in [0, 0.1) is 0 Å². The zero-order valence-electron chi connectivity index (χ0n) is 20.1. The van der Waals surface area contributed by atoms with E-state index in [0.717, 1.165) is 38.5 Å². The van der Waals surface area contributed by atoms with Crippen molar-refractivity contribution < 1.29 is 0 Å². The number of para-hydroxylation sites is 3. The van der Waals surface area contributed by atoms with Gasteiger partial charge in [0.2, 0.25) is 0 Å². The Labute approximate surface area is 200 Å². The van der Waals surface area contributed by atoms with Crippen LogP contribution >= 0.6 is 0 Å². The molecule has 0 spiro atoms. The minimum Gasteiger partial charge on any atom is -0.355 e. The smallest absolute Gasteiger partial charge is 0.256 e. The van der Waals surface area contributed by atoms with Crippen LogP contribution in [0.15, 0.2) is 89.7 Å². The van der Waals surface area contributed by atoms with Crippen LogP contribution < -0.4 is 10.9 Å². The lowest BCUT2D eigenvalue weighted by Crippen LogP contribution is -2.08. The van der Waals surface area contributed by atoms with Crippen LogP contribution in [0.3, 0.4) is 0 Å². The molecule has 1 heterocycles. The normalized spacial score (nSPS) is 11.6. The van der Waals surface area contributed by atoms with Crippen molar-refractivity contribution in [2.75, 3.05) is 5.32 Å². The summed E-state index contributed by atoms with van der Waals surface area (Å²) in [4.78, 5) is 16.4. The van der Waals surface area contributed by atoms with Gasteiger partial charge in [-0.2, -0.15) is 0 Å². The van der Waals surface area contributed by atoms with E-state index >= 15 is 0 Å². The molecule has 170 valence electrons. The molecule has 0 saturated carbocycles. The molecule has 0 radical (unpaired) electrons. The Morgan fingerprint density at radius 1 is 0.647 bits per heavy atom. The Morgan fingerprint density at radius 2 is 1.24 bits per heavy atom. The molecule has 3 nitrogen and oxygen atoms in total. The van der Waals surface area contributed by atoms with E-state index in [-0.39, 0.29) is 5.56 Å². The number of hydrogen-bond donors (Lipinski definition) is 2. The number of hydrogen-bond acceptors (Lipinski definition) is 2. The summed E-state index contributed by atoms with van der Waals surface area (Å²) in [6, 6.07) is 28.9. The molecular formula is C31H30N2O. The predicted octanol–water partition coefficient (Wildman–Crippen LogP) is 8.34. The van der Waals surface area contributed by atoms with Crippen molar-refractivity contribution in [1.82, 2.24) is 4.98 Å². The first kappa shape index (κ1) is 22.0. The van der Waals surface area contributed by atoms with E-state index in [1.54, 1.807) is 0 Å². The van der Waals surface area contributed by atoms with Gasteiger partial charge < -0.3 is 10.3 Å². The molecule has 0 aliphatic heterocycles. The topological polar surface area (TPSA) is 44.9 Å². The molecule has 34 heavy (non-hydrogen) atoms. The average Bonchev–Trinajstić information content (AvgIpc) is 2.84. The molecular weight excluding hydrogens is 416 g/mol. The van der Waals surface area contributed by atoms with Gasteiger partial charge in [0.1, 0.15) is 0 Å². The summed E-state index contributed by atoms with van der Waals surface area (Å²) < 4.78 is 0. The number of H-pyrrole nitrogens is 1. The van der Waals surface area contributed by atoms with E-state index in [4.69, 9.17) is 0 Å². The van der Waals surface area contributed by atoms with Gasteiger partial charge in [-0.25, -0.2) is 0 Å². The molecule has 0 fully saturated rings. The van der Waals surface area contributed by atoms with Gasteiger partial charge in [-0.05, 0) is 46.0 Å². The molecule has 1 aromatic heterocycles. The number of rotatable bonds is 5. The second kappa shape index (κ2) is 8.83. The lowest BCUT2D eigenvalue weighted by atomic mass is 9.91. The highest BCUT2D eigenvalue weighted by atomic mass is 16.1. The molecule has 0 bridgehead atoms. The Morgan fingerprint density at radius 3 is 1.97 bits per heavy atom. The molecule has 0 amide bonds. The van der Waals surface area contributed by atoms with E-state index in [0.29, 0.717) is 11.8 Å². The number of pyridine rings is 1. The maximum Gasteiger partial charge on any atom is 0.256 e. The molecule has 0 aliphatic rings. The maximum atomic E-state index is 13.3. The van der Waals surface area contributed by atoms with E-state index in [9.17, 15) is 4.79 Å². The van der Waals surface area contributed by atoms with Crippen molar-refractivity contribution in [3.05, 3.63) is 106 Å². The lowest BCUT2D eigenvalue weighted by molar-refractivity contribution is 0.838. The first-order chi connectivity index (χ1) is 16.5. The van der Waals surface area contributed by atoms with Crippen molar-refractivity contribution >= 4 is 33.1 Å². The van der Waals surface area contributed by atoms with Gasteiger partial charge in [0.05, 0.1) is 5.39 Å². The van der Waals surface area contributed by atoms with Crippen LogP contribution in [-0.4, -0.2) is 4.98 Å². The number of aromatic nitrogens is 1. The van der Waals surface area contributed by atoms with Crippen LogP contribution in [0.2, 0.25) is 0 Å². The first-order valence-electron chi connectivity index (χ1n) is 12.0. The largest absolute Gasteiger partial charge is 0.355 e. The third-order valence-electron chi connectivity index (χ3n) is 6.61. The lowest BCUT2D eigenvalue weighted by Gasteiger charge is -2.22. The Bertz CT molecular complexity index is 1530. The zero-order chi connectivity index (χ0) is 23.8. The second-order valence-corrected chi connectivity index (χ2v) is 9.52. The third-order valence-corrected chi connectivity index (χ3v) is 6.61. The van der Waals surface area contributed by atoms with Crippen LogP contribution in [0.5, 0.6) is 0 Å². The average molecular weight is 447 g/mol. The predicted molar refractivity (Wildman–Crippen MR) is 145 cm³/mol. The van der Waals surface area contributed by atoms with E-state index in [1.165, 1.54) is 16.8 Å². The summed E-state index contributed by atoms with van der Waals surface area (Å²) in [7, 11) is 0. The highest BCUT2D eigenvalue weighted by Crippen LogP contribution is 2.39. The summed E-state index contributed by atoms with van der Waals surface area (Å²) >= 11 is 0. The van der Waals surface area contributed by atoms with Gasteiger partial charge in [-0.15, -0.1) is 0 Å². The molecule has 2 N–H and O–H groups in total. The number of anilines is 2. The zero-order valence-corrected chi connectivity index (χ0v) is 20.1. The number of aromatic amines is 1. The summed E-state index contributed by atoms with van der Waals surface area (Å²) in [5, 5.41) is 6.52. The summed E-state index contributed by atoms with van der Waals surface area (Å²) in [6.45, 7) is 8.91. The van der Waals surface area contributed by atoms with Gasteiger partial charge in [0, 0.05) is 27.8 Å². The molecule has 0 aliphatic carbocycles. The van der Waals surface area contributed by atoms with Crippen molar-refractivity contribution in [1.29, 1.82) is 0 Å². The summed E-state index contributed by atoms with van der Waals surface area (Å²) in [6.07, 6.45) is 0. The molecule has 0 unspecified atom stereocenters. The van der Waals surface area contributed by atoms with Gasteiger partial charge in [-0.1, -0.05) is 100 Å². The minimum absolute atomic E-state index is 0.0652. The van der Waals surface area contributed by atoms with E-state index < -0.39 is 0 Å². The van der Waals surface area contributed by atoms with Crippen LogP contribution in [0.4, 0.5) is 11.4 Å². The van der Waals surface area contributed by atoms with Gasteiger partial charge in [0.15, 0.2) is 0 Å². The van der Waals surface area contributed by atoms with Crippen molar-refractivity contribution in [2.45, 2.75) is 39.5 Å². The van der Waals surface area contributed by atoms with Crippen molar-refractivity contribution in [3.63, 3.8) is 0 Å². The first-order valence-corrected chi connectivity index (χ1v) is 12.0. The van der Waals surface area contributed by atoms with Gasteiger partial charge in [0.25, 0.3) is 5.56 Å². The summed E-state index contributed by atoms with van der Waals surface area (Å²) in [5.41, 5.74) is 7.49. The van der Waals surface area contributed by atoms with Gasteiger partial charge in [-0.3, -0.25) is 4.79 Å². The Hall–Kier alpha value is -3.85. The Balaban J connectivity index is 1.74. The van der Waals surface area contributed by atoms with Crippen molar-refractivity contribution in [3.8, 4) is 11.1 Å². The number of fused-ring (bicyclic) bond motifs is 3. The highest BCUT2D eigenvalue weighted by molar-refractivity contribution is 6.11. The molecule has 0 saturated heterocycles. The van der Waals surface area contributed by atoms with E-state index in [1.807, 2.05) is 48.5 Å². The van der Waals surface area contributed by atoms with Crippen LogP contribution in [-0.2, 0) is 0 Å². The number of benzene rings is 4. The fourth-order valence-corrected chi connectivity index (χ4v) is 4.91. The van der Waals surface area contributed by atoms with Crippen LogP contribution in [0.1, 0.15) is 50.7 Å². The highest BCUT2D eigenvalue weighted by Gasteiger charge is 2.17. The standard InChI is InChI=1S/C31H30N2O/c1-19(2)21-13-9-14-22(20(3)4)30(21)32-27-17-7-5-11-23(27)25-15-10-16-26-24-12-6-8-18-28(24)33-31(34)29(25)26/h5-20,32H,1-4H3,(H,33,34). The molecule has 5 rings (SSSR count). The maximum absolute atomic E-state index is 13.3. The number of nitrogens with one attached hydrogen (secondary N) is 2. The quantitative estimate of drug-likeness (QED) is 0.266. The fourth-order valence-electron chi connectivity index (χ4n) is 4.91. The molecule has 0 atom stereocenters. The van der Waals surface area contributed by atoms with Crippen molar-refractivity contribution in [2.24, 2.45) is 0 Å². The fraction of sp³-hybridized carbons (Fsp3) is 0.194. The third kappa shape index (κ3) is 3.77. The summed E-state index contributed by atoms with van der Waals surface area (Å²) in [5.74, 6) is 0.778. The molecule has 3 heteroatoms. The Kier molecular flexibility index (Phi) is 5.70. The minimum atomic E-state index is -0.0652. The van der Waals surface area contributed by atoms with Gasteiger partial charge >= 0.3 is 0 Å².